The van der Waals surface area contributed by atoms with Crippen LogP contribution in [0.2, 0.25) is 5.15 Å². The molecule has 2 heterocycles. The molecule has 2 aromatic heterocycles. The molecule has 0 aliphatic carbocycles. The number of hydrogen-bond acceptors (Lipinski definition) is 6. The molecule has 0 bridgehead atoms. The normalized spacial score (nSPS) is 11.5. The summed E-state index contributed by atoms with van der Waals surface area (Å²) < 4.78 is 6.36. The molecule has 0 spiro atoms. The first-order valence-electron chi connectivity index (χ1n) is 6.26. The van der Waals surface area contributed by atoms with Crippen molar-refractivity contribution >= 4 is 40.8 Å². The summed E-state index contributed by atoms with van der Waals surface area (Å²) in [4.78, 5) is 34.4. The van der Waals surface area contributed by atoms with E-state index in [0.29, 0.717) is 0 Å². The Balaban J connectivity index is 2.31. The molecule has 118 valence electrons. The molecule has 2 N–H and O–H groups in total. The lowest BCUT2D eigenvalue weighted by Crippen LogP contribution is -2.27. The van der Waals surface area contributed by atoms with Crippen molar-refractivity contribution in [3.8, 4) is 0 Å². The summed E-state index contributed by atoms with van der Waals surface area (Å²) in [6.07, 6.45) is 0.545. The summed E-state index contributed by atoms with van der Waals surface area (Å²) in [6, 6.07) is 0. The second kappa shape index (κ2) is 5.76. The van der Waals surface area contributed by atoms with E-state index < -0.39 is 17.7 Å². The van der Waals surface area contributed by atoms with Crippen LogP contribution in [0.5, 0.6) is 0 Å². The first-order valence-corrected chi connectivity index (χ1v) is 6.63. The minimum atomic E-state index is -1.06. The van der Waals surface area contributed by atoms with Crippen LogP contribution >= 0.6 is 11.6 Å². The first-order chi connectivity index (χ1) is 10.2. The fourth-order valence-electron chi connectivity index (χ4n) is 1.62. The number of amides is 1. The van der Waals surface area contributed by atoms with E-state index >= 15 is 0 Å². The zero-order chi connectivity index (χ0) is 16.5. The molecular weight excluding hydrogens is 314 g/mol. The van der Waals surface area contributed by atoms with Gasteiger partial charge in [-0.3, -0.25) is 10.1 Å². The summed E-state index contributed by atoms with van der Waals surface area (Å²) >= 11 is 5.96. The summed E-state index contributed by atoms with van der Waals surface area (Å²) in [5.74, 6) is -1.16. The van der Waals surface area contributed by atoms with Gasteiger partial charge in [0.15, 0.2) is 10.8 Å². The number of rotatable bonds is 3. The Labute approximate surface area is 130 Å². The molecule has 0 aliphatic rings. The highest BCUT2D eigenvalue weighted by molar-refractivity contribution is 6.33. The molecule has 2 rings (SSSR count). The number of carboxylic acids is 1. The van der Waals surface area contributed by atoms with Gasteiger partial charge in [-0.25, -0.2) is 9.78 Å². The predicted molar refractivity (Wildman–Crippen MR) is 77.8 cm³/mol. The van der Waals surface area contributed by atoms with Gasteiger partial charge in [0.05, 0.1) is 6.33 Å². The van der Waals surface area contributed by atoms with Crippen molar-refractivity contribution < 1.29 is 19.4 Å². The van der Waals surface area contributed by atoms with Crippen LogP contribution in [0.15, 0.2) is 6.33 Å². The third-order valence-corrected chi connectivity index (χ3v) is 2.60. The maximum Gasteiger partial charge on any atom is 0.414 e. The van der Waals surface area contributed by atoms with Crippen LogP contribution in [0.1, 0.15) is 20.8 Å². The van der Waals surface area contributed by atoms with Gasteiger partial charge in [-0.05, 0) is 20.8 Å². The molecule has 9 nitrogen and oxygen atoms in total. The monoisotopic (exact) mass is 327 g/mol. The lowest BCUT2D eigenvalue weighted by atomic mass is 10.2. The molecule has 0 fully saturated rings. The van der Waals surface area contributed by atoms with Gasteiger partial charge >= 0.3 is 12.1 Å². The fraction of sp³-hybridized carbons (Fsp3) is 0.417. The highest BCUT2D eigenvalue weighted by atomic mass is 35.5. The number of aromatic nitrogens is 4. The number of imidazole rings is 1. The molecule has 0 aliphatic heterocycles. The SMILES string of the molecule is CC(C)(C)OC(=O)Nc1nc(Cl)c2ncn(CC(=O)O)c2n1. The van der Waals surface area contributed by atoms with E-state index in [9.17, 15) is 9.59 Å². The van der Waals surface area contributed by atoms with Crippen molar-refractivity contribution in [2.45, 2.75) is 32.9 Å². The van der Waals surface area contributed by atoms with Gasteiger partial charge in [-0.15, -0.1) is 0 Å². The summed E-state index contributed by atoms with van der Waals surface area (Å²) in [5, 5.41) is 11.2. The van der Waals surface area contributed by atoms with Gasteiger partial charge in [-0.1, -0.05) is 11.6 Å². The third-order valence-electron chi connectivity index (χ3n) is 2.34. The Morgan fingerprint density at radius 2 is 2.09 bits per heavy atom. The summed E-state index contributed by atoms with van der Waals surface area (Å²) in [7, 11) is 0. The number of fused-ring (bicyclic) bond motifs is 1. The molecule has 10 heteroatoms. The van der Waals surface area contributed by atoms with Crippen LogP contribution < -0.4 is 5.32 Å². The zero-order valence-electron chi connectivity index (χ0n) is 12.1. The average molecular weight is 328 g/mol. The van der Waals surface area contributed by atoms with Gasteiger partial charge in [0.2, 0.25) is 5.95 Å². The topological polar surface area (TPSA) is 119 Å². The molecule has 22 heavy (non-hydrogen) atoms. The molecule has 0 atom stereocenters. The van der Waals surface area contributed by atoms with E-state index in [1.54, 1.807) is 20.8 Å². The Kier molecular flexibility index (Phi) is 4.18. The van der Waals surface area contributed by atoms with Crippen LogP contribution in [0.3, 0.4) is 0 Å². The second-order valence-electron chi connectivity index (χ2n) is 5.40. The summed E-state index contributed by atoms with van der Waals surface area (Å²) in [5.41, 5.74) is -0.227. The van der Waals surface area contributed by atoms with E-state index in [2.05, 4.69) is 20.3 Å². The maximum atomic E-state index is 11.7. The molecule has 2 aromatic rings. The van der Waals surface area contributed by atoms with E-state index in [1.807, 2.05) is 0 Å². The van der Waals surface area contributed by atoms with Crippen LogP contribution in [0.4, 0.5) is 10.7 Å². The number of ether oxygens (including phenoxy) is 1. The Bertz CT molecular complexity index is 737. The van der Waals surface area contributed by atoms with Crippen LogP contribution in [-0.4, -0.2) is 42.3 Å². The predicted octanol–water partition coefficient (Wildman–Crippen LogP) is 1.91. The first kappa shape index (κ1) is 16.0. The second-order valence-corrected chi connectivity index (χ2v) is 5.76. The Morgan fingerprint density at radius 3 is 2.68 bits per heavy atom. The average Bonchev–Trinajstić information content (AvgIpc) is 2.69. The number of carboxylic acid groups (broad SMARTS) is 1. The third kappa shape index (κ3) is 3.82. The number of hydrogen-bond donors (Lipinski definition) is 2. The lowest BCUT2D eigenvalue weighted by molar-refractivity contribution is -0.137. The van der Waals surface area contributed by atoms with Gasteiger partial charge in [0, 0.05) is 0 Å². The number of carbonyl (C=O) groups is 2. The smallest absolute Gasteiger partial charge is 0.414 e. The van der Waals surface area contributed by atoms with Crippen LogP contribution in [0, 0.1) is 0 Å². The van der Waals surface area contributed by atoms with E-state index in [0.717, 1.165) is 0 Å². The standard InChI is InChI=1S/C12H14ClN5O4/c1-12(2,3)22-11(21)17-10-15-8(13)7-9(16-10)18(5-14-7)4-6(19)20/h5H,4H2,1-3H3,(H,19,20)(H,15,16,17,21). The fourth-order valence-corrected chi connectivity index (χ4v) is 1.84. The molecule has 0 unspecified atom stereocenters. The molecule has 0 radical (unpaired) electrons. The molecule has 0 saturated carbocycles. The molecule has 0 saturated heterocycles. The highest BCUT2D eigenvalue weighted by Crippen LogP contribution is 2.21. The number of nitrogens with one attached hydrogen (secondary N) is 1. The van der Waals surface area contributed by atoms with E-state index in [-0.39, 0.29) is 28.8 Å². The van der Waals surface area contributed by atoms with Crippen molar-refractivity contribution in [1.82, 2.24) is 19.5 Å². The van der Waals surface area contributed by atoms with Crippen LogP contribution in [0.25, 0.3) is 11.2 Å². The van der Waals surface area contributed by atoms with Gasteiger partial charge < -0.3 is 14.4 Å². The van der Waals surface area contributed by atoms with Crippen molar-refractivity contribution in [3.05, 3.63) is 11.5 Å². The molecule has 1 amide bonds. The summed E-state index contributed by atoms with van der Waals surface area (Å²) in [6.45, 7) is 4.80. The molecule has 0 aromatic carbocycles. The van der Waals surface area contributed by atoms with Crippen molar-refractivity contribution in [2.24, 2.45) is 0 Å². The van der Waals surface area contributed by atoms with Crippen molar-refractivity contribution in [2.75, 3.05) is 5.32 Å². The Hall–Kier alpha value is -2.42. The highest BCUT2D eigenvalue weighted by Gasteiger charge is 2.19. The maximum absolute atomic E-state index is 11.7. The minimum Gasteiger partial charge on any atom is -0.480 e. The number of anilines is 1. The van der Waals surface area contributed by atoms with Crippen molar-refractivity contribution in [1.29, 1.82) is 0 Å². The number of halogens is 1. The molecular formula is C12H14ClN5O4. The van der Waals surface area contributed by atoms with E-state index in [1.165, 1.54) is 10.9 Å². The number of nitrogens with zero attached hydrogens (tertiary/aromatic N) is 4. The quantitative estimate of drug-likeness (QED) is 0.826. The van der Waals surface area contributed by atoms with Crippen LogP contribution in [-0.2, 0) is 16.1 Å². The van der Waals surface area contributed by atoms with Gasteiger partial charge in [-0.2, -0.15) is 9.97 Å². The largest absolute Gasteiger partial charge is 0.480 e. The Morgan fingerprint density at radius 1 is 1.41 bits per heavy atom. The van der Waals surface area contributed by atoms with Gasteiger partial charge in [0.1, 0.15) is 17.7 Å². The number of aliphatic carboxylic acids is 1. The minimum absolute atomic E-state index is 0.000183. The zero-order valence-corrected chi connectivity index (χ0v) is 12.9. The lowest BCUT2D eigenvalue weighted by Gasteiger charge is -2.19. The number of carbonyl (C=O) groups excluding carboxylic acids is 1. The van der Waals surface area contributed by atoms with Gasteiger partial charge in [0.25, 0.3) is 0 Å². The van der Waals surface area contributed by atoms with Crippen molar-refractivity contribution in [3.63, 3.8) is 0 Å². The van der Waals surface area contributed by atoms with E-state index in [4.69, 9.17) is 21.4 Å².